The first-order valence-corrected chi connectivity index (χ1v) is 9.05. The van der Waals surface area contributed by atoms with E-state index in [1.807, 2.05) is 0 Å². The van der Waals surface area contributed by atoms with Gasteiger partial charge in [-0.25, -0.2) is 0 Å². The lowest BCUT2D eigenvalue weighted by Gasteiger charge is -2.14. The highest BCUT2D eigenvalue weighted by Gasteiger charge is 2.43. The van der Waals surface area contributed by atoms with Crippen LogP contribution >= 0.6 is 39.9 Å². The summed E-state index contributed by atoms with van der Waals surface area (Å²) in [6.07, 6.45) is 0. The Bertz CT molecular complexity index is 929. The quantitative estimate of drug-likeness (QED) is 0.517. The van der Waals surface area contributed by atoms with Crippen LogP contribution in [0.1, 0.15) is 5.56 Å². The number of amides is 2. The Morgan fingerprint density at radius 2 is 1.69 bits per heavy atom. The maximum absolute atomic E-state index is 12.8. The molecule has 0 radical (unpaired) electrons. The number of anilines is 1. The molecule has 3 rings (SSSR count). The fourth-order valence-corrected chi connectivity index (χ4v) is 4.32. The third-order valence-electron chi connectivity index (χ3n) is 3.64. The summed E-state index contributed by atoms with van der Waals surface area (Å²) < 4.78 is 0.667. The van der Waals surface area contributed by atoms with E-state index in [0.29, 0.717) is 15.7 Å². The Labute approximate surface area is 164 Å². The third-order valence-corrected chi connectivity index (χ3v) is 5.58. The normalized spacial score (nSPS) is 19.3. The molecule has 1 saturated heterocycles. The van der Waals surface area contributed by atoms with Crippen LogP contribution in [0.15, 0.2) is 27.6 Å². The van der Waals surface area contributed by atoms with Crippen LogP contribution in [-0.4, -0.2) is 56.3 Å². The second kappa shape index (κ2) is 6.82. The fraction of sp³-hybridized carbons (Fsp3) is 0.133. The van der Waals surface area contributed by atoms with E-state index in [1.54, 1.807) is 18.2 Å². The number of thiocarbonyl (C=S) groups is 1. The Kier molecular flexibility index (Phi) is 4.86. The van der Waals surface area contributed by atoms with E-state index in [9.17, 15) is 19.2 Å². The molecule has 2 aliphatic heterocycles. The number of nitrogens with zero attached hydrogens (tertiary/aromatic N) is 2. The van der Waals surface area contributed by atoms with Crippen LogP contribution in [0.25, 0.3) is 5.57 Å². The van der Waals surface area contributed by atoms with Crippen molar-refractivity contribution in [3.05, 3.63) is 33.1 Å². The molecule has 0 bridgehead atoms. The van der Waals surface area contributed by atoms with Crippen molar-refractivity contribution in [3.8, 4) is 0 Å². The number of carbonyl (C=O) groups excluding carboxylic acids is 2. The first kappa shape index (κ1) is 18.5. The smallest absolute Gasteiger partial charge is 0.323 e. The van der Waals surface area contributed by atoms with Crippen LogP contribution in [0.2, 0.25) is 0 Å². The highest BCUT2D eigenvalue weighted by molar-refractivity contribution is 9.10. The Hall–Kier alpha value is -2.24. The molecule has 0 aromatic heterocycles. The monoisotopic (exact) mass is 456 g/mol. The van der Waals surface area contributed by atoms with Gasteiger partial charge in [0, 0.05) is 10.0 Å². The minimum Gasteiger partial charge on any atom is -0.480 e. The van der Waals surface area contributed by atoms with Crippen LogP contribution in [0.5, 0.6) is 0 Å². The molecule has 0 aliphatic carbocycles. The summed E-state index contributed by atoms with van der Waals surface area (Å²) in [7, 11) is 0. The molecule has 0 saturated carbocycles. The van der Waals surface area contributed by atoms with Gasteiger partial charge in [-0.1, -0.05) is 39.9 Å². The molecule has 2 heterocycles. The molecular formula is C15H9BrN2O6S2. The Balaban J connectivity index is 2.14. The van der Waals surface area contributed by atoms with E-state index in [1.165, 1.54) is 0 Å². The van der Waals surface area contributed by atoms with E-state index in [-0.39, 0.29) is 14.8 Å². The van der Waals surface area contributed by atoms with E-state index < -0.39 is 36.8 Å². The molecule has 1 aromatic rings. The third kappa shape index (κ3) is 3.13. The molecule has 1 fully saturated rings. The molecule has 2 N–H and O–H groups in total. The zero-order valence-electron chi connectivity index (χ0n) is 12.8. The van der Waals surface area contributed by atoms with Crippen LogP contribution in [0.4, 0.5) is 5.69 Å². The topological polar surface area (TPSA) is 115 Å². The fourth-order valence-electron chi connectivity index (χ4n) is 2.64. The van der Waals surface area contributed by atoms with Gasteiger partial charge in [-0.15, -0.1) is 0 Å². The number of benzene rings is 1. The van der Waals surface area contributed by atoms with Gasteiger partial charge in [0.05, 0.1) is 16.2 Å². The minimum atomic E-state index is -1.24. The minimum absolute atomic E-state index is 0.00603. The van der Waals surface area contributed by atoms with Crippen LogP contribution in [0.3, 0.4) is 0 Å². The number of halogens is 1. The zero-order chi connectivity index (χ0) is 19.2. The Morgan fingerprint density at radius 3 is 2.31 bits per heavy atom. The number of thioether (sulfide) groups is 1. The molecular weight excluding hydrogens is 448 g/mol. The molecule has 2 aliphatic rings. The number of carbonyl (C=O) groups is 4. The first-order valence-electron chi connectivity index (χ1n) is 7.04. The van der Waals surface area contributed by atoms with Crippen molar-refractivity contribution in [1.82, 2.24) is 4.90 Å². The molecule has 0 atom stereocenters. The SMILES string of the molecule is O=C(O)CN1C(=O)/C(=C2/C(=O)N(CC(=O)O)c3ccc(Br)cc32)SC1=S. The molecule has 0 unspecified atom stereocenters. The van der Waals surface area contributed by atoms with Crippen molar-refractivity contribution in [2.45, 2.75) is 0 Å². The van der Waals surface area contributed by atoms with Gasteiger partial charge in [-0.2, -0.15) is 0 Å². The predicted molar refractivity (Wildman–Crippen MR) is 101 cm³/mol. The molecule has 11 heteroatoms. The summed E-state index contributed by atoms with van der Waals surface area (Å²) in [5.41, 5.74) is 0.772. The lowest BCUT2D eigenvalue weighted by atomic mass is 10.1. The lowest BCUT2D eigenvalue weighted by molar-refractivity contribution is -0.140. The van der Waals surface area contributed by atoms with E-state index >= 15 is 0 Å². The first-order chi connectivity index (χ1) is 12.2. The number of hydrogen-bond donors (Lipinski definition) is 2. The van der Waals surface area contributed by atoms with Gasteiger partial charge < -0.3 is 10.2 Å². The number of carboxylic acids is 2. The van der Waals surface area contributed by atoms with Gasteiger partial charge in [-0.05, 0) is 18.2 Å². The predicted octanol–water partition coefficient (Wildman–Crippen LogP) is 1.54. The average Bonchev–Trinajstić information content (AvgIpc) is 2.95. The summed E-state index contributed by atoms with van der Waals surface area (Å²) in [6, 6.07) is 4.83. The molecule has 0 spiro atoms. The zero-order valence-corrected chi connectivity index (χ0v) is 16.0. The highest BCUT2D eigenvalue weighted by Crippen LogP contribution is 2.45. The number of hydrogen-bond acceptors (Lipinski definition) is 6. The van der Waals surface area contributed by atoms with Gasteiger partial charge in [0.2, 0.25) is 0 Å². The largest absolute Gasteiger partial charge is 0.480 e. The van der Waals surface area contributed by atoms with Gasteiger partial charge in [0.1, 0.15) is 17.4 Å². The summed E-state index contributed by atoms with van der Waals surface area (Å²) in [4.78, 5) is 49.4. The van der Waals surface area contributed by atoms with Gasteiger partial charge in [0.25, 0.3) is 11.8 Å². The summed E-state index contributed by atoms with van der Waals surface area (Å²) in [6.45, 7) is -1.17. The average molecular weight is 457 g/mol. The maximum atomic E-state index is 12.8. The molecule has 26 heavy (non-hydrogen) atoms. The maximum Gasteiger partial charge on any atom is 0.323 e. The molecule has 2 amide bonds. The summed E-state index contributed by atoms with van der Waals surface area (Å²) in [5, 5.41) is 18.0. The van der Waals surface area contributed by atoms with Crippen molar-refractivity contribution in [1.29, 1.82) is 0 Å². The van der Waals surface area contributed by atoms with Crippen molar-refractivity contribution < 1.29 is 29.4 Å². The number of carboxylic acid groups (broad SMARTS) is 2. The van der Waals surface area contributed by atoms with Crippen molar-refractivity contribution in [3.63, 3.8) is 0 Å². The second-order valence-electron chi connectivity index (χ2n) is 5.30. The van der Waals surface area contributed by atoms with E-state index in [0.717, 1.165) is 21.6 Å². The van der Waals surface area contributed by atoms with Crippen molar-refractivity contribution >= 4 is 79.2 Å². The number of aliphatic carboxylic acids is 2. The van der Waals surface area contributed by atoms with Crippen LogP contribution in [0, 0.1) is 0 Å². The second-order valence-corrected chi connectivity index (χ2v) is 7.86. The van der Waals surface area contributed by atoms with Crippen LogP contribution < -0.4 is 4.90 Å². The van der Waals surface area contributed by atoms with E-state index in [2.05, 4.69) is 15.9 Å². The number of fused-ring (bicyclic) bond motifs is 1. The summed E-state index contributed by atoms with van der Waals surface area (Å²) in [5.74, 6) is -3.77. The van der Waals surface area contributed by atoms with Crippen molar-refractivity contribution in [2.24, 2.45) is 0 Å². The van der Waals surface area contributed by atoms with Gasteiger partial charge >= 0.3 is 11.9 Å². The number of rotatable bonds is 4. The molecule has 8 nitrogen and oxygen atoms in total. The highest BCUT2D eigenvalue weighted by atomic mass is 79.9. The van der Waals surface area contributed by atoms with Gasteiger partial charge in [0.15, 0.2) is 0 Å². The van der Waals surface area contributed by atoms with Gasteiger partial charge in [-0.3, -0.25) is 29.0 Å². The lowest BCUT2D eigenvalue weighted by Crippen LogP contribution is -2.34. The molecule has 134 valence electrons. The Morgan fingerprint density at radius 1 is 1.08 bits per heavy atom. The van der Waals surface area contributed by atoms with Crippen molar-refractivity contribution in [2.75, 3.05) is 18.0 Å². The standard InChI is InChI=1S/C15H9BrN2O6S2/c16-6-1-2-8-7(3-6)11(13(23)17(8)4-9(19)20)12-14(24)18(5-10(21)22)15(25)26-12/h1-3H,4-5H2,(H,19,20)(H,21,22)/b12-11-. The van der Waals surface area contributed by atoms with Crippen LogP contribution in [-0.2, 0) is 19.2 Å². The molecule has 1 aromatic carbocycles. The summed E-state index contributed by atoms with van der Waals surface area (Å²) >= 11 is 9.17. The van der Waals surface area contributed by atoms with E-state index in [4.69, 9.17) is 22.4 Å².